The molecule has 1 rings (SSSR count). The lowest BCUT2D eigenvalue weighted by Gasteiger charge is -2.13. The monoisotopic (exact) mass is 224 g/mol. The van der Waals surface area contributed by atoms with Crippen molar-refractivity contribution in [3.05, 3.63) is 24.3 Å². The Morgan fingerprint density at radius 1 is 1.38 bits per heavy atom. The predicted octanol–water partition coefficient (Wildman–Crippen LogP) is 1.60. The van der Waals surface area contributed by atoms with Crippen molar-refractivity contribution in [2.75, 3.05) is 6.61 Å². The molecule has 0 saturated heterocycles. The van der Waals surface area contributed by atoms with E-state index in [1.54, 1.807) is 31.2 Å². The number of hydrogen-bond acceptors (Lipinski definition) is 4. The second-order valence-corrected chi connectivity index (χ2v) is 3.19. The van der Waals surface area contributed by atoms with Crippen LogP contribution in [0.3, 0.4) is 0 Å². The van der Waals surface area contributed by atoms with Crippen LogP contribution in [0.2, 0.25) is 0 Å². The zero-order chi connectivity index (χ0) is 12.0. The van der Waals surface area contributed by atoms with E-state index in [1.165, 1.54) is 0 Å². The van der Waals surface area contributed by atoms with Crippen molar-refractivity contribution in [1.29, 1.82) is 0 Å². The molecule has 1 aromatic rings. The molecule has 0 aliphatic rings. The van der Waals surface area contributed by atoms with Crippen LogP contribution in [0.25, 0.3) is 0 Å². The van der Waals surface area contributed by atoms with Gasteiger partial charge in [-0.05, 0) is 38.1 Å². The van der Waals surface area contributed by atoms with Gasteiger partial charge in [0.25, 0.3) is 0 Å². The van der Waals surface area contributed by atoms with E-state index >= 15 is 0 Å². The normalized spacial score (nSPS) is 13.2. The summed E-state index contributed by atoms with van der Waals surface area (Å²) in [6.45, 7) is 4.25. The molecular weight excluding hydrogens is 208 g/mol. The molecule has 0 bridgehead atoms. The molecule has 0 amide bonds. The van der Waals surface area contributed by atoms with Gasteiger partial charge in [0.2, 0.25) is 0 Å². The molecule has 0 saturated carbocycles. The largest absolute Gasteiger partial charge is 0.494 e. The molecule has 1 unspecified atom stereocenters. The Labute approximate surface area is 94.5 Å². The van der Waals surface area contributed by atoms with Crippen LogP contribution in [0, 0.1) is 0 Å². The molecule has 0 aliphatic heterocycles. The zero-order valence-corrected chi connectivity index (χ0v) is 9.38. The van der Waals surface area contributed by atoms with Gasteiger partial charge in [-0.1, -0.05) is 5.16 Å². The van der Waals surface area contributed by atoms with Crippen LogP contribution in [0.1, 0.15) is 13.8 Å². The fourth-order valence-electron chi connectivity index (χ4n) is 1.13. The van der Waals surface area contributed by atoms with Crippen LogP contribution in [0.15, 0.2) is 29.4 Å². The van der Waals surface area contributed by atoms with Crippen LogP contribution in [-0.4, -0.2) is 23.8 Å². The maximum absolute atomic E-state index is 8.46. The third-order valence-corrected chi connectivity index (χ3v) is 1.98. The van der Waals surface area contributed by atoms with Gasteiger partial charge in [0, 0.05) is 0 Å². The van der Waals surface area contributed by atoms with Gasteiger partial charge in [0.05, 0.1) is 6.61 Å². The maximum atomic E-state index is 8.46. The van der Waals surface area contributed by atoms with Crippen LogP contribution in [-0.2, 0) is 0 Å². The highest BCUT2D eigenvalue weighted by atomic mass is 16.5. The molecular formula is C11H16N2O3. The minimum absolute atomic E-state index is 0.0360. The highest BCUT2D eigenvalue weighted by molar-refractivity contribution is 5.84. The number of hydrogen-bond donors (Lipinski definition) is 2. The lowest BCUT2D eigenvalue weighted by molar-refractivity contribution is 0.265. The number of ether oxygens (including phenoxy) is 2. The van der Waals surface area contributed by atoms with E-state index in [0.717, 1.165) is 5.75 Å². The van der Waals surface area contributed by atoms with Crippen LogP contribution < -0.4 is 15.2 Å². The number of nitrogens with zero attached hydrogens (tertiary/aromatic N) is 1. The molecule has 5 nitrogen and oxygen atoms in total. The first-order chi connectivity index (χ1) is 7.67. The Morgan fingerprint density at radius 2 is 1.94 bits per heavy atom. The molecule has 0 fully saturated rings. The average molecular weight is 224 g/mol. The molecule has 1 aromatic carbocycles. The first kappa shape index (κ1) is 12.2. The maximum Gasteiger partial charge on any atom is 0.180 e. The lowest BCUT2D eigenvalue weighted by atomic mass is 10.3. The van der Waals surface area contributed by atoms with Gasteiger partial charge in [-0.3, -0.25) is 0 Å². The van der Waals surface area contributed by atoms with Gasteiger partial charge < -0.3 is 20.4 Å². The summed E-state index contributed by atoms with van der Waals surface area (Å²) in [5.41, 5.74) is 5.39. The number of benzene rings is 1. The van der Waals surface area contributed by atoms with Gasteiger partial charge in [0.1, 0.15) is 11.5 Å². The Morgan fingerprint density at radius 3 is 2.44 bits per heavy atom. The molecule has 3 N–H and O–H groups in total. The Kier molecular flexibility index (Phi) is 4.44. The van der Waals surface area contributed by atoms with Gasteiger partial charge in [-0.15, -0.1) is 0 Å². The van der Waals surface area contributed by atoms with Gasteiger partial charge in [-0.25, -0.2) is 0 Å². The van der Waals surface area contributed by atoms with E-state index in [9.17, 15) is 0 Å². The first-order valence-electron chi connectivity index (χ1n) is 5.04. The highest BCUT2D eigenvalue weighted by Gasteiger charge is 2.08. The van der Waals surface area contributed by atoms with Gasteiger partial charge >= 0.3 is 0 Å². The quantitative estimate of drug-likeness (QED) is 0.344. The van der Waals surface area contributed by atoms with E-state index in [1.807, 2.05) is 6.92 Å². The Hall–Kier alpha value is -1.91. The summed E-state index contributed by atoms with van der Waals surface area (Å²) < 4.78 is 10.7. The van der Waals surface area contributed by atoms with E-state index in [-0.39, 0.29) is 5.84 Å². The van der Waals surface area contributed by atoms with Crippen LogP contribution in [0.4, 0.5) is 0 Å². The predicted molar refractivity (Wildman–Crippen MR) is 61.1 cm³/mol. The Bertz CT molecular complexity index is 349. The molecule has 0 aliphatic carbocycles. The molecule has 88 valence electrons. The molecule has 0 spiro atoms. The zero-order valence-electron chi connectivity index (χ0n) is 9.38. The molecule has 0 radical (unpaired) electrons. The molecule has 0 heterocycles. The summed E-state index contributed by atoms with van der Waals surface area (Å²) in [7, 11) is 0. The second-order valence-electron chi connectivity index (χ2n) is 3.19. The van der Waals surface area contributed by atoms with E-state index in [4.69, 9.17) is 20.4 Å². The van der Waals surface area contributed by atoms with Crippen LogP contribution >= 0.6 is 0 Å². The summed E-state index contributed by atoms with van der Waals surface area (Å²) >= 11 is 0. The molecule has 5 heteroatoms. The summed E-state index contributed by atoms with van der Waals surface area (Å²) in [4.78, 5) is 0. The topological polar surface area (TPSA) is 77.1 Å². The van der Waals surface area contributed by atoms with Crippen molar-refractivity contribution < 1.29 is 14.7 Å². The number of amidine groups is 1. The summed E-state index contributed by atoms with van der Waals surface area (Å²) in [5.74, 6) is 1.46. The van der Waals surface area contributed by atoms with E-state index < -0.39 is 6.10 Å². The highest BCUT2D eigenvalue weighted by Crippen LogP contribution is 2.18. The summed E-state index contributed by atoms with van der Waals surface area (Å²) in [6, 6.07) is 7.15. The second kappa shape index (κ2) is 5.85. The van der Waals surface area contributed by atoms with Crippen molar-refractivity contribution in [2.24, 2.45) is 10.9 Å². The smallest absolute Gasteiger partial charge is 0.180 e. The number of oxime groups is 1. The number of rotatable bonds is 5. The SMILES string of the molecule is CCOc1ccc(OC(C)C(N)=NO)cc1. The molecule has 0 aromatic heterocycles. The number of nitrogens with two attached hydrogens (primary N) is 1. The van der Waals surface area contributed by atoms with Gasteiger partial charge in [-0.2, -0.15) is 0 Å². The Balaban J connectivity index is 2.61. The third-order valence-electron chi connectivity index (χ3n) is 1.98. The van der Waals surface area contributed by atoms with Gasteiger partial charge in [0.15, 0.2) is 11.9 Å². The average Bonchev–Trinajstić information content (AvgIpc) is 2.31. The van der Waals surface area contributed by atoms with Crippen LogP contribution in [0.5, 0.6) is 11.5 Å². The summed E-state index contributed by atoms with van der Waals surface area (Å²) in [6.07, 6.45) is -0.469. The van der Waals surface area contributed by atoms with Crippen molar-refractivity contribution >= 4 is 5.84 Å². The minimum atomic E-state index is -0.469. The minimum Gasteiger partial charge on any atom is -0.494 e. The van der Waals surface area contributed by atoms with Crippen molar-refractivity contribution in [3.8, 4) is 11.5 Å². The van der Waals surface area contributed by atoms with Crippen molar-refractivity contribution in [2.45, 2.75) is 20.0 Å². The van der Waals surface area contributed by atoms with Crippen molar-refractivity contribution in [1.82, 2.24) is 0 Å². The summed E-state index contributed by atoms with van der Waals surface area (Å²) in [5, 5.41) is 11.3. The molecule has 1 atom stereocenters. The van der Waals surface area contributed by atoms with Crippen molar-refractivity contribution in [3.63, 3.8) is 0 Å². The van der Waals surface area contributed by atoms with E-state index in [0.29, 0.717) is 12.4 Å². The standard InChI is InChI=1S/C11H16N2O3/c1-3-15-9-4-6-10(7-5-9)16-8(2)11(12)13-14/h4-8,14H,3H2,1-2H3,(H2,12,13). The first-order valence-corrected chi connectivity index (χ1v) is 5.04. The molecule has 16 heavy (non-hydrogen) atoms. The fourth-order valence-corrected chi connectivity index (χ4v) is 1.13. The fraction of sp³-hybridized carbons (Fsp3) is 0.364. The lowest BCUT2D eigenvalue weighted by Crippen LogP contribution is -2.31. The third kappa shape index (κ3) is 3.34. The van der Waals surface area contributed by atoms with E-state index in [2.05, 4.69) is 5.16 Å².